The maximum absolute atomic E-state index is 11.9. The van der Waals surface area contributed by atoms with Crippen molar-refractivity contribution >= 4 is 5.97 Å². The summed E-state index contributed by atoms with van der Waals surface area (Å²) in [5, 5.41) is 4.30. The van der Waals surface area contributed by atoms with Crippen LogP contribution in [-0.4, -0.2) is 27.3 Å². The predicted octanol–water partition coefficient (Wildman–Crippen LogP) is 2.40. The summed E-state index contributed by atoms with van der Waals surface area (Å²) in [5.41, 5.74) is 2.32. The molecule has 0 N–H and O–H groups in total. The number of carbonyl (C=O) groups excluding carboxylic acids is 1. The third-order valence-electron chi connectivity index (χ3n) is 2.76. The Morgan fingerprint density at radius 1 is 1.32 bits per heavy atom. The molecule has 19 heavy (non-hydrogen) atoms. The minimum atomic E-state index is -0.314. The molecule has 5 nitrogen and oxygen atoms in total. The number of rotatable bonds is 5. The third kappa shape index (κ3) is 2.81. The van der Waals surface area contributed by atoms with Crippen LogP contribution in [0, 0.1) is 0 Å². The van der Waals surface area contributed by atoms with Gasteiger partial charge in [0, 0.05) is 12.4 Å². The smallest absolute Gasteiger partial charge is 0.341 e. The fraction of sp³-hybridized carbons (Fsp3) is 0.357. The monoisotopic (exact) mass is 259 g/mol. The molecule has 0 radical (unpaired) electrons. The molecule has 2 rings (SSSR count). The first-order valence-electron chi connectivity index (χ1n) is 6.42. The molecule has 0 aliphatic heterocycles. The van der Waals surface area contributed by atoms with Crippen molar-refractivity contribution in [2.24, 2.45) is 0 Å². The van der Waals surface area contributed by atoms with Crippen LogP contribution in [0.15, 0.2) is 30.7 Å². The number of carbonyl (C=O) groups is 1. The summed E-state index contributed by atoms with van der Waals surface area (Å²) in [5.74, 6) is -0.314. The van der Waals surface area contributed by atoms with Gasteiger partial charge in [-0.1, -0.05) is 13.3 Å². The van der Waals surface area contributed by atoms with Gasteiger partial charge in [0.05, 0.1) is 24.2 Å². The summed E-state index contributed by atoms with van der Waals surface area (Å²) in [6.45, 7) is 4.23. The van der Waals surface area contributed by atoms with Gasteiger partial charge in [-0.25, -0.2) is 9.48 Å². The predicted molar refractivity (Wildman–Crippen MR) is 71.3 cm³/mol. The molecular weight excluding hydrogens is 242 g/mol. The zero-order chi connectivity index (χ0) is 13.7. The highest BCUT2D eigenvalue weighted by Crippen LogP contribution is 2.17. The maximum atomic E-state index is 11.9. The Hall–Kier alpha value is -2.17. The highest BCUT2D eigenvalue weighted by molar-refractivity contribution is 5.90. The van der Waals surface area contributed by atoms with Crippen molar-refractivity contribution in [3.63, 3.8) is 0 Å². The van der Waals surface area contributed by atoms with E-state index in [1.54, 1.807) is 30.2 Å². The zero-order valence-electron chi connectivity index (χ0n) is 11.2. The standard InChI is InChI=1S/C14H17N3O2/c1-3-5-13-12(14(18)19-4-2)10-16-17(13)11-6-8-15-9-7-11/h6-10H,3-5H2,1-2H3. The van der Waals surface area contributed by atoms with Gasteiger partial charge in [-0.05, 0) is 25.5 Å². The number of esters is 1. The Morgan fingerprint density at radius 2 is 2.05 bits per heavy atom. The van der Waals surface area contributed by atoms with Crippen LogP contribution in [-0.2, 0) is 11.2 Å². The van der Waals surface area contributed by atoms with Gasteiger partial charge in [0.15, 0.2) is 0 Å². The topological polar surface area (TPSA) is 57.0 Å². The summed E-state index contributed by atoms with van der Waals surface area (Å²) >= 11 is 0. The van der Waals surface area contributed by atoms with Crippen molar-refractivity contribution in [3.8, 4) is 5.69 Å². The molecule has 100 valence electrons. The lowest BCUT2D eigenvalue weighted by Crippen LogP contribution is -2.09. The second-order valence-corrected chi connectivity index (χ2v) is 4.09. The van der Waals surface area contributed by atoms with Crippen LogP contribution in [0.3, 0.4) is 0 Å². The number of hydrogen-bond acceptors (Lipinski definition) is 4. The third-order valence-corrected chi connectivity index (χ3v) is 2.76. The molecule has 0 aliphatic carbocycles. The molecule has 0 amide bonds. The first-order valence-corrected chi connectivity index (χ1v) is 6.42. The van der Waals surface area contributed by atoms with Gasteiger partial charge in [0.1, 0.15) is 5.56 Å². The van der Waals surface area contributed by atoms with E-state index < -0.39 is 0 Å². The molecule has 0 aliphatic rings. The molecule has 5 heteroatoms. The summed E-state index contributed by atoms with van der Waals surface area (Å²) < 4.78 is 6.83. The average Bonchev–Trinajstić information content (AvgIpc) is 2.84. The summed E-state index contributed by atoms with van der Waals surface area (Å²) in [6, 6.07) is 3.72. The lowest BCUT2D eigenvalue weighted by atomic mass is 10.1. The van der Waals surface area contributed by atoms with Crippen LogP contribution in [0.2, 0.25) is 0 Å². The molecule has 0 unspecified atom stereocenters. The lowest BCUT2D eigenvalue weighted by molar-refractivity contribution is 0.0525. The molecule has 0 fully saturated rings. The SMILES string of the molecule is CCCc1c(C(=O)OCC)cnn1-c1ccncc1. The van der Waals surface area contributed by atoms with Crippen LogP contribution in [0.25, 0.3) is 5.69 Å². The van der Waals surface area contributed by atoms with Gasteiger partial charge in [-0.3, -0.25) is 4.98 Å². The molecule has 0 atom stereocenters. The number of nitrogens with zero attached hydrogens (tertiary/aromatic N) is 3. The van der Waals surface area contributed by atoms with Crippen molar-refractivity contribution in [3.05, 3.63) is 42.0 Å². The van der Waals surface area contributed by atoms with E-state index in [0.29, 0.717) is 12.2 Å². The Balaban J connectivity index is 2.43. The van der Waals surface area contributed by atoms with Gasteiger partial charge >= 0.3 is 5.97 Å². The molecule has 0 bridgehead atoms. The van der Waals surface area contributed by atoms with E-state index in [-0.39, 0.29) is 5.97 Å². The number of aromatic nitrogens is 3. The number of ether oxygens (including phenoxy) is 1. The molecule has 0 spiro atoms. The number of pyridine rings is 1. The fourth-order valence-corrected chi connectivity index (χ4v) is 1.94. The van der Waals surface area contributed by atoms with Crippen molar-refractivity contribution in [2.75, 3.05) is 6.61 Å². The molecule has 0 aromatic carbocycles. The van der Waals surface area contributed by atoms with Gasteiger partial charge in [-0.2, -0.15) is 5.10 Å². The van der Waals surface area contributed by atoms with Crippen molar-refractivity contribution in [1.82, 2.24) is 14.8 Å². The highest BCUT2D eigenvalue weighted by atomic mass is 16.5. The van der Waals surface area contributed by atoms with Crippen molar-refractivity contribution < 1.29 is 9.53 Å². The molecule has 2 heterocycles. The Kier molecular flexibility index (Phi) is 4.28. The molecule has 2 aromatic heterocycles. The largest absolute Gasteiger partial charge is 0.462 e. The summed E-state index contributed by atoms with van der Waals surface area (Å²) in [7, 11) is 0. The zero-order valence-corrected chi connectivity index (χ0v) is 11.2. The normalized spacial score (nSPS) is 10.4. The van der Waals surface area contributed by atoms with E-state index in [9.17, 15) is 4.79 Å². The second kappa shape index (κ2) is 6.13. The molecule has 0 saturated carbocycles. The van der Waals surface area contributed by atoms with Gasteiger partial charge in [-0.15, -0.1) is 0 Å². The van der Waals surface area contributed by atoms with Crippen LogP contribution in [0.4, 0.5) is 0 Å². The van der Waals surface area contributed by atoms with Gasteiger partial charge in [0.25, 0.3) is 0 Å². The van der Waals surface area contributed by atoms with E-state index in [2.05, 4.69) is 17.0 Å². The Bertz CT molecular complexity index is 549. The van der Waals surface area contributed by atoms with Crippen molar-refractivity contribution in [1.29, 1.82) is 0 Å². The first kappa shape index (κ1) is 13.3. The molecule has 0 saturated heterocycles. The van der Waals surface area contributed by atoms with Crippen LogP contribution < -0.4 is 0 Å². The summed E-state index contributed by atoms with van der Waals surface area (Å²) in [6.07, 6.45) is 6.69. The van der Waals surface area contributed by atoms with Gasteiger partial charge in [0.2, 0.25) is 0 Å². The van der Waals surface area contributed by atoms with E-state index >= 15 is 0 Å². The minimum Gasteiger partial charge on any atom is -0.462 e. The maximum Gasteiger partial charge on any atom is 0.341 e. The quantitative estimate of drug-likeness (QED) is 0.774. The van der Waals surface area contributed by atoms with E-state index in [1.807, 2.05) is 12.1 Å². The second-order valence-electron chi connectivity index (χ2n) is 4.09. The average molecular weight is 259 g/mol. The number of hydrogen-bond donors (Lipinski definition) is 0. The molecule has 2 aromatic rings. The fourth-order valence-electron chi connectivity index (χ4n) is 1.94. The lowest BCUT2D eigenvalue weighted by Gasteiger charge is -2.08. The van der Waals surface area contributed by atoms with Crippen LogP contribution in [0.1, 0.15) is 36.3 Å². The first-order chi connectivity index (χ1) is 9.27. The van der Waals surface area contributed by atoms with E-state index in [1.165, 1.54) is 0 Å². The minimum absolute atomic E-state index is 0.314. The van der Waals surface area contributed by atoms with Crippen LogP contribution >= 0.6 is 0 Å². The van der Waals surface area contributed by atoms with E-state index in [0.717, 1.165) is 24.2 Å². The van der Waals surface area contributed by atoms with E-state index in [4.69, 9.17) is 4.74 Å². The Morgan fingerprint density at radius 3 is 2.68 bits per heavy atom. The summed E-state index contributed by atoms with van der Waals surface area (Å²) in [4.78, 5) is 15.9. The highest BCUT2D eigenvalue weighted by Gasteiger charge is 2.18. The van der Waals surface area contributed by atoms with Crippen LogP contribution in [0.5, 0.6) is 0 Å². The Labute approximate surface area is 112 Å². The van der Waals surface area contributed by atoms with Gasteiger partial charge < -0.3 is 4.74 Å². The van der Waals surface area contributed by atoms with Crippen molar-refractivity contribution in [2.45, 2.75) is 26.7 Å². The molecular formula is C14H17N3O2.